The first-order valence-electron chi connectivity index (χ1n) is 13.6. The number of fused-ring (bicyclic) bond motifs is 1. The number of benzene rings is 3. The maximum Gasteiger partial charge on any atom is 0.341 e. The van der Waals surface area contributed by atoms with Gasteiger partial charge in [-0.15, -0.1) is 0 Å². The van der Waals surface area contributed by atoms with Gasteiger partial charge in [-0.3, -0.25) is 9.36 Å². The Kier molecular flexibility index (Phi) is 8.49. The summed E-state index contributed by atoms with van der Waals surface area (Å²) in [7, 11) is 0. The molecule has 0 saturated carbocycles. The lowest BCUT2D eigenvalue weighted by Crippen LogP contribution is -2.40. The van der Waals surface area contributed by atoms with E-state index in [1.165, 1.54) is 11.3 Å². The maximum absolute atomic E-state index is 14.0. The topological polar surface area (TPSA) is 107 Å². The molecule has 0 radical (unpaired) electrons. The van der Waals surface area contributed by atoms with Crippen LogP contribution >= 0.6 is 11.3 Å². The van der Waals surface area contributed by atoms with Crippen LogP contribution < -0.4 is 19.6 Å². The van der Waals surface area contributed by atoms with Gasteiger partial charge in [0.1, 0.15) is 5.75 Å². The number of carboxylic acid groups (broad SMARTS) is 1. The number of esters is 1. The molecular formula is C33H30N2O6S. The highest BCUT2D eigenvalue weighted by Gasteiger charge is 2.35. The molecule has 1 N–H and O–H groups in total. The summed E-state index contributed by atoms with van der Waals surface area (Å²) in [6.07, 6.45) is 1.75. The number of carbonyl (C=O) groups excluding carboxylic acids is 1. The Hall–Kier alpha value is -4.76. The zero-order chi connectivity index (χ0) is 29.8. The molecule has 1 aliphatic rings. The quantitative estimate of drug-likeness (QED) is 0.291. The number of hydrogen-bond acceptors (Lipinski definition) is 7. The first-order valence-corrected chi connectivity index (χ1v) is 14.4. The Morgan fingerprint density at radius 2 is 1.71 bits per heavy atom. The van der Waals surface area contributed by atoms with Gasteiger partial charge in [0.2, 0.25) is 0 Å². The van der Waals surface area contributed by atoms with E-state index in [1.54, 1.807) is 41.8 Å². The van der Waals surface area contributed by atoms with Crippen LogP contribution in [0.4, 0.5) is 0 Å². The first kappa shape index (κ1) is 28.8. The van der Waals surface area contributed by atoms with Crippen LogP contribution in [0, 0.1) is 0 Å². The minimum atomic E-state index is -1.06. The summed E-state index contributed by atoms with van der Waals surface area (Å²) in [5.41, 5.74) is 3.90. The Balaban J connectivity index is 1.70. The smallest absolute Gasteiger partial charge is 0.341 e. The van der Waals surface area contributed by atoms with Crippen molar-refractivity contribution in [2.45, 2.75) is 32.7 Å². The summed E-state index contributed by atoms with van der Waals surface area (Å²) in [5, 5.41) is 8.84. The van der Waals surface area contributed by atoms with Gasteiger partial charge in [-0.2, -0.15) is 0 Å². The van der Waals surface area contributed by atoms with Gasteiger partial charge in [0, 0.05) is 5.56 Å². The van der Waals surface area contributed by atoms with Crippen LogP contribution in [-0.4, -0.2) is 34.8 Å². The molecule has 42 heavy (non-hydrogen) atoms. The van der Waals surface area contributed by atoms with Crippen LogP contribution in [0.25, 0.3) is 11.8 Å². The third-order valence-electron chi connectivity index (χ3n) is 6.83. The van der Waals surface area contributed by atoms with Crippen molar-refractivity contribution in [2.24, 2.45) is 4.99 Å². The number of rotatable bonds is 9. The average molecular weight is 583 g/mol. The summed E-state index contributed by atoms with van der Waals surface area (Å²) < 4.78 is 12.8. The fourth-order valence-corrected chi connectivity index (χ4v) is 5.78. The molecule has 3 aromatic carbocycles. The number of ether oxygens (including phenoxy) is 2. The van der Waals surface area contributed by atoms with Crippen molar-refractivity contribution in [3.05, 3.63) is 126 Å². The molecule has 0 fully saturated rings. The fraction of sp³-hybridized carbons (Fsp3) is 0.212. The SMILES string of the molecule is CCOC(=O)C1=C(c2ccccc2)N=c2s/c(=C\c3ccc(OCC(=O)O)cc3)c(=O)n2[C@@H]1c1ccc(C(C)C)cc1. The molecule has 4 aromatic rings. The monoisotopic (exact) mass is 582 g/mol. The number of aliphatic carboxylic acids is 1. The van der Waals surface area contributed by atoms with Crippen molar-refractivity contribution in [1.29, 1.82) is 0 Å². The third kappa shape index (κ3) is 5.96. The average Bonchev–Trinajstić information content (AvgIpc) is 3.30. The van der Waals surface area contributed by atoms with E-state index in [0.717, 1.165) is 22.3 Å². The van der Waals surface area contributed by atoms with Crippen molar-refractivity contribution in [3.8, 4) is 5.75 Å². The standard InChI is InChI=1S/C33H30N2O6S/c1-4-40-32(39)28-29(23-8-6-5-7-9-23)34-33-35(30(28)24-14-12-22(13-15-24)20(2)3)31(38)26(42-33)18-21-10-16-25(17-11-21)41-19-27(36)37/h5-18,20,30H,4,19H2,1-3H3,(H,36,37)/b26-18-/t30-/m1/s1. The molecule has 9 heteroatoms. The minimum absolute atomic E-state index is 0.181. The van der Waals surface area contributed by atoms with E-state index in [9.17, 15) is 14.4 Å². The maximum atomic E-state index is 14.0. The largest absolute Gasteiger partial charge is 0.482 e. The Bertz CT molecular complexity index is 1820. The Morgan fingerprint density at radius 3 is 2.33 bits per heavy atom. The van der Waals surface area contributed by atoms with Gasteiger partial charge < -0.3 is 14.6 Å². The summed E-state index contributed by atoms with van der Waals surface area (Å²) in [5.74, 6) is -0.857. The molecule has 0 aliphatic carbocycles. The zero-order valence-corrected chi connectivity index (χ0v) is 24.3. The van der Waals surface area contributed by atoms with Gasteiger partial charge in [-0.1, -0.05) is 91.9 Å². The second-order valence-electron chi connectivity index (χ2n) is 10.0. The second kappa shape index (κ2) is 12.4. The lowest BCUT2D eigenvalue weighted by molar-refractivity contribution is -0.140. The lowest BCUT2D eigenvalue weighted by atomic mass is 9.91. The molecular weight excluding hydrogens is 552 g/mol. The number of hydrogen-bond donors (Lipinski definition) is 1. The first-order chi connectivity index (χ1) is 20.3. The molecule has 8 nitrogen and oxygen atoms in total. The van der Waals surface area contributed by atoms with E-state index >= 15 is 0 Å². The van der Waals surface area contributed by atoms with Crippen molar-refractivity contribution in [2.75, 3.05) is 13.2 Å². The van der Waals surface area contributed by atoms with Gasteiger partial charge in [-0.05, 0) is 47.7 Å². The van der Waals surface area contributed by atoms with E-state index in [2.05, 4.69) is 13.8 Å². The van der Waals surface area contributed by atoms with Crippen LogP contribution in [-0.2, 0) is 14.3 Å². The second-order valence-corrected chi connectivity index (χ2v) is 11.0. The van der Waals surface area contributed by atoms with Crippen molar-refractivity contribution in [3.63, 3.8) is 0 Å². The number of aromatic nitrogens is 1. The molecule has 2 heterocycles. The third-order valence-corrected chi connectivity index (χ3v) is 7.82. The summed E-state index contributed by atoms with van der Waals surface area (Å²) in [6.45, 7) is 5.71. The summed E-state index contributed by atoms with van der Waals surface area (Å²) in [6, 6.07) is 23.4. The fourth-order valence-electron chi connectivity index (χ4n) is 4.78. The zero-order valence-electron chi connectivity index (χ0n) is 23.4. The van der Waals surface area contributed by atoms with Gasteiger partial charge in [0.05, 0.1) is 28.5 Å². The summed E-state index contributed by atoms with van der Waals surface area (Å²) in [4.78, 5) is 43.7. The van der Waals surface area contributed by atoms with E-state index in [4.69, 9.17) is 19.6 Å². The van der Waals surface area contributed by atoms with E-state index in [0.29, 0.717) is 32.3 Å². The predicted octanol–water partition coefficient (Wildman–Crippen LogP) is 4.52. The minimum Gasteiger partial charge on any atom is -0.482 e. The van der Waals surface area contributed by atoms with E-state index in [1.807, 2.05) is 54.6 Å². The Labute approximate surface area is 246 Å². The van der Waals surface area contributed by atoms with Gasteiger partial charge >= 0.3 is 11.9 Å². The molecule has 214 valence electrons. The van der Waals surface area contributed by atoms with E-state index < -0.39 is 24.6 Å². The lowest BCUT2D eigenvalue weighted by Gasteiger charge is -2.26. The molecule has 0 amide bonds. The van der Waals surface area contributed by atoms with Gasteiger partial charge in [-0.25, -0.2) is 14.6 Å². The number of nitrogens with zero attached hydrogens (tertiary/aromatic N) is 2. The summed E-state index contributed by atoms with van der Waals surface area (Å²) >= 11 is 1.24. The van der Waals surface area contributed by atoms with Crippen molar-refractivity contribution < 1.29 is 24.2 Å². The van der Waals surface area contributed by atoms with Crippen molar-refractivity contribution >= 4 is 35.0 Å². The molecule has 1 atom stereocenters. The molecule has 0 unspecified atom stereocenters. The molecule has 5 rings (SSSR count). The van der Waals surface area contributed by atoms with Crippen LogP contribution in [0.1, 0.15) is 55.0 Å². The highest BCUT2D eigenvalue weighted by atomic mass is 32.1. The van der Waals surface area contributed by atoms with Crippen LogP contribution in [0.2, 0.25) is 0 Å². The molecule has 0 spiro atoms. The molecule has 1 aromatic heterocycles. The predicted molar refractivity (Wildman–Crippen MR) is 161 cm³/mol. The molecule has 0 bridgehead atoms. The van der Waals surface area contributed by atoms with Crippen molar-refractivity contribution in [1.82, 2.24) is 4.57 Å². The van der Waals surface area contributed by atoms with E-state index in [-0.39, 0.29) is 12.2 Å². The Morgan fingerprint density at radius 1 is 1.02 bits per heavy atom. The molecule has 0 saturated heterocycles. The normalized spacial score (nSPS) is 14.9. The number of carbonyl (C=O) groups is 2. The number of carboxylic acids is 1. The van der Waals surface area contributed by atoms with Crippen LogP contribution in [0.5, 0.6) is 5.75 Å². The molecule has 1 aliphatic heterocycles. The van der Waals surface area contributed by atoms with Crippen LogP contribution in [0.15, 0.2) is 94.2 Å². The van der Waals surface area contributed by atoms with Gasteiger partial charge in [0.25, 0.3) is 5.56 Å². The highest BCUT2D eigenvalue weighted by Crippen LogP contribution is 2.35. The van der Waals surface area contributed by atoms with Gasteiger partial charge in [0.15, 0.2) is 11.4 Å². The van der Waals surface area contributed by atoms with Crippen LogP contribution in [0.3, 0.4) is 0 Å². The highest BCUT2D eigenvalue weighted by molar-refractivity contribution is 7.07. The number of thiazole rings is 1.